The number of hydrogen-bond acceptors (Lipinski definition) is 3. The minimum Gasteiger partial charge on any atom is -0.459 e. The molecule has 1 saturated carbocycles. The molecule has 22 heavy (non-hydrogen) atoms. The lowest BCUT2D eigenvalue weighted by Crippen LogP contribution is -2.42. The Bertz CT molecular complexity index is 569. The van der Waals surface area contributed by atoms with E-state index in [4.69, 9.17) is 9.47 Å². The smallest absolute Gasteiger partial charge is 0.331 e. The predicted molar refractivity (Wildman–Crippen MR) is 86.3 cm³/mol. The lowest BCUT2D eigenvalue weighted by Gasteiger charge is -2.37. The number of ether oxygens (including phenoxy) is 2. The number of carbonyl (C=O) groups is 1. The summed E-state index contributed by atoms with van der Waals surface area (Å²) in [5.74, 6) is 0.533. The molecule has 1 aromatic rings. The molecular weight excluding hydrogens is 276 g/mol. The highest BCUT2D eigenvalue weighted by molar-refractivity contribution is 5.87. The molecular formula is C19H24O3. The number of aryl methyl sites for hydroxylation is 1. The zero-order valence-corrected chi connectivity index (χ0v) is 13.5. The molecule has 2 fully saturated rings. The van der Waals surface area contributed by atoms with Crippen LogP contribution in [0.2, 0.25) is 0 Å². The van der Waals surface area contributed by atoms with Crippen LogP contribution >= 0.6 is 0 Å². The van der Waals surface area contributed by atoms with E-state index in [0.29, 0.717) is 11.8 Å². The van der Waals surface area contributed by atoms with Crippen LogP contribution in [0.5, 0.6) is 0 Å². The number of hydrogen-bond donors (Lipinski definition) is 0. The van der Waals surface area contributed by atoms with Gasteiger partial charge in [0.25, 0.3) is 0 Å². The monoisotopic (exact) mass is 300 g/mol. The van der Waals surface area contributed by atoms with E-state index in [1.165, 1.54) is 11.6 Å². The fourth-order valence-corrected chi connectivity index (χ4v) is 3.37. The Hall–Kier alpha value is -1.61. The van der Waals surface area contributed by atoms with Crippen molar-refractivity contribution in [2.75, 3.05) is 6.61 Å². The first-order chi connectivity index (χ1) is 10.5. The van der Waals surface area contributed by atoms with E-state index in [2.05, 4.69) is 13.8 Å². The molecule has 118 valence electrons. The first kappa shape index (κ1) is 15.3. The summed E-state index contributed by atoms with van der Waals surface area (Å²) in [7, 11) is 0. The van der Waals surface area contributed by atoms with E-state index >= 15 is 0 Å². The summed E-state index contributed by atoms with van der Waals surface area (Å²) in [6, 6.07) is 8.06. The molecule has 4 atom stereocenters. The van der Waals surface area contributed by atoms with E-state index in [-0.39, 0.29) is 17.7 Å². The van der Waals surface area contributed by atoms with Crippen molar-refractivity contribution in [1.82, 2.24) is 0 Å². The molecule has 0 amide bonds. The lowest BCUT2D eigenvalue weighted by atomic mass is 9.72. The average molecular weight is 300 g/mol. The molecule has 0 bridgehead atoms. The second-order valence-corrected chi connectivity index (χ2v) is 6.76. The van der Waals surface area contributed by atoms with Gasteiger partial charge in [-0.25, -0.2) is 4.79 Å². The summed E-state index contributed by atoms with van der Waals surface area (Å²) in [5.41, 5.74) is 2.30. The summed E-state index contributed by atoms with van der Waals surface area (Å²) in [6.45, 7) is 7.28. The Morgan fingerprint density at radius 3 is 2.64 bits per heavy atom. The summed E-state index contributed by atoms with van der Waals surface area (Å²) < 4.78 is 11.3. The highest BCUT2D eigenvalue weighted by Gasteiger charge is 2.55. The third-order valence-electron chi connectivity index (χ3n) is 5.33. The van der Waals surface area contributed by atoms with Gasteiger partial charge >= 0.3 is 5.97 Å². The largest absolute Gasteiger partial charge is 0.459 e. The van der Waals surface area contributed by atoms with Crippen LogP contribution in [0.3, 0.4) is 0 Å². The molecule has 1 aliphatic carbocycles. The van der Waals surface area contributed by atoms with Crippen molar-refractivity contribution < 1.29 is 14.3 Å². The molecule has 0 N–H and O–H groups in total. The molecule has 1 spiro atoms. The third kappa shape index (κ3) is 3.09. The predicted octanol–water partition coefficient (Wildman–Crippen LogP) is 3.76. The fourth-order valence-electron chi connectivity index (χ4n) is 3.37. The van der Waals surface area contributed by atoms with Crippen LogP contribution in [-0.2, 0) is 14.3 Å². The molecule has 1 saturated heterocycles. The highest BCUT2D eigenvalue weighted by Crippen LogP contribution is 2.49. The Kier molecular flexibility index (Phi) is 4.09. The van der Waals surface area contributed by atoms with E-state index in [1.807, 2.05) is 37.3 Å². The quantitative estimate of drug-likeness (QED) is 0.485. The van der Waals surface area contributed by atoms with Gasteiger partial charge in [0.2, 0.25) is 0 Å². The summed E-state index contributed by atoms with van der Waals surface area (Å²) in [4.78, 5) is 12.0. The minimum absolute atomic E-state index is 0.00000667. The molecule has 2 aliphatic rings. The van der Waals surface area contributed by atoms with E-state index in [0.717, 1.165) is 25.0 Å². The van der Waals surface area contributed by atoms with Crippen LogP contribution in [0.25, 0.3) is 6.08 Å². The zero-order chi connectivity index (χ0) is 15.7. The van der Waals surface area contributed by atoms with Crippen LogP contribution in [0.1, 0.15) is 37.8 Å². The van der Waals surface area contributed by atoms with Gasteiger partial charge in [-0.2, -0.15) is 0 Å². The van der Waals surface area contributed by atoms with Crippen LogP contribution in [-0.4, -0.2) is 24.3 Å². The number of epoxide rings is 1. The number of rotatable bonds is 3. The maximum absolute atomic E-state index is 12.0. The van der Waals surface area contributed by atoms with Crippen LogP contribution in [0.4, 0.5) is 0 Å². The first-order valence-electron chi connectivity index (χ1n) is 8.09. The van der Waals surface area contributed by atoms with Crippen LogP contribution < -0.4 is 0 Å². The first-order valence-corrected chi connectivity index (χ1v) is 8.09. The SMILES string of the molecule is Cc1ccc(/C=C/C(=O)O[C@@H]2CC[C@]3(CO3)[C@@H](C)[C@@H]2C)cc1. The van der Waals surface area contributed by atoms with Gasteiger partial charge in [-0.3, -0.25) is 0 Å². The standard InChI is InChI=1S/C19H24O3/c1-13-4-6-16(7-5-13)8-9-18(20)22-17-10-11-19(12-21-19)15(3)14(17)2/h4-9,14-15,17H,10-12H2,1-3H3/b9-8+/t14-,15-,17+,19-/m0/s1. The van der Waals surface area contributed by atoms with Gasteiger partial charge in [-0.15, -0.1) is 0 Å². The molecule has 3 rings (SSSR count). The molecule has 1 heterocycles. The van der Waals surface area contributed by atoms with Crippen molar-refractivity contribution in [1.29, 1.82) is 0 Å². The number of carbonyl (C=O) groups excluding carboxylic acids is 1. The van der Waals surface area contributed by atoms with Crippen LogP contribution in [0, 0.1) is 18.8 Å². The number of benzene rings is 1. The summed E-state index contributed by atoms with van der Waals surface area (Å²) in [6.07, 6.45) is 5.23. The Morgan fingerprint density at radius 2 is 2.00 bits per heavy atom. The highest BCUT2D eigenvalue weighted by atomic mass is 16.6. The maximum atomic E-state index is 12.0. The molecule has 3 nitrogen and oxygen atoms in total. The topological polar surface area (TPSA) is 38.8 Å². The van der Waals surface area contributed by atoms with Crippen molar-refractivity contribution in [2.24, 2.45) is 11.8 Å². The fraction of sp³-hybridized carbons (Fsp3) is 0.526. The Labute approximate surface area is 132 Å². The molecule has 0 radical (unpaired) electrons. The van der Waals surface area contributed by atoms with Crippen molar-refractivity contribution in [2.45, 2.75) is 45.3 Å². The normalized spacial score (nSPS) is 34.0. The van der Waals surface area contributed by atoms with Gasteiger partial charge in [0, 0.05) is 6.08 Å². The van der Waals surface area contributed by atoms with Crippen molar-refractivity contribution in [3.63, 3.8) is 0 Å². The Balaban J connectivity index is 1.56. The minimum atomic E-state index is -0.253. The van der Waals surface area contributed by atoms with E-state index in [1.54, 1.807) is 0 Å². The molecule has 1 aliphatic heterocycles. The van der Waals surface area contributed by atoms with Gasteiger partial charge < -0.3 is 9.47 Å². The maximum Gasteiger partial charge on any atom is 0.331 e. The summed E-state index contributed by atoms with van der Waals surface area (Å²) in [5, 5.41) is 0. The third-order valence-corrected chi connectivity index (χ3v) is 5.33. The van der Waals surface area contributed by atoms with Crippen molar-refractivity contribution in [3.8, 4) is 0 Å². The Morgan fingerprint density at radius 1 is 1.32 bits per heavy atom. The average Bonchev–Trinajstić information content (AvgIpc) is 3.29. The van der Waals surface area contributed by atoms with Gasteiger partial charge in [0.1, 0.15) is 6.10 Å². The van der Waals surface area contributed by atoms with Gasteiger partial charge in [-0.05, 0) is 43.2 Å². The van der Waals surface area contributed by atoms with Gasteiger partial charge in [0.05, 0.1) is 12.2 Å². The number of esters is 1. The molecule has 3 heteroatoms. The molecule has 0 aromatic heterocycles. The molecule has 1 aromatic carbocycles. The second kappa shape index (κ2) is 5.88. The summed E-state index contributed by atoms with van der Waals surface area (Å²) >= 11 is 0. The van der Waals surface area contributed by atoms with Gasteiger partial charge in [0.15, 0.2) is 0 Å². The van der Waals surface area contributed by atoms with E-state index in [9.17, 15) is 4.79 Å². The zero-order valence-electron chi connectivity index (χ0n) is 13.5. The van der Waals surface area contributed by atoms with E-state index < -0.39 is 0 Å². The second-order valence-electron chi connectivity index (χ2n) is 6.76. The van der Waals surface area contributed by atoms with Crippen molar-refractivity contribution in [3.05, 3.63) is 41.5 Å². The molecule has 0 unspecified atom stereocenters. The van der Waals surface area contributed by atoms with Gasteiger partial charge in [-0.1, -0.05) is 43.7 Å². The lowest BCUT2D eigenvalue weighted by molar-refractivity contribution is -0.150. The van der Waals surface area contributed by atoms with Crippen LogP contribution in [0.15, 0.2) is 30.3 Å². The van der Waals surface area contributed by atoms with Crippen molar-refractivity contribution >= 4 is 12.0 Å².